The highest BCUT2D eigenvalue weighted by molar-refractivity contribution is 7.14. The van der Waals surface area contributed by atoms with Crippen LogP contribution in [-0.2, 0) is 0 Å². The second-order valence-corrected chi connectivity index (χ2v) is 5.68. The van der Waals surface area contributed by atoms with Crippen LogP contribution in [0, 0.1) is 0 Å². The van der Waals surface area contributed by atoms with E-state index in [0.29, 0.717) is 16.2 Å². The molecule has 0 fully saturated rings. The Bertz CT molecular complexity index is 666. The number of methoxy groups -OCH3 is 1. The summed E-state index contributed by atoms with van der Waals surface area (Å²) in [4.78, 5) is 24.7. The van der Waals surface area contributed by atoms with Crippen LogP contribution in [0.15, 0.2) is 36.4 Å². The molecule has 0 saturated carbocycles. The predicted molar refractivity (Wildman–Crippen MR) is 82.4 cm³/mol. The largest absolute Gasteiger partial charge is 0.497 e. The van der Waals surface area contributed by atoms with Gasteiger partial charge in [0.2, 0.25) is 0 Å². The molecule has 116 valence electrons. The van der Waals surface area contributed by atoms with Crippen molar-refractivity contribution >= 4 is 23.2 Å². The summed E-state index contributed by atoms with van der Waals surface area (Å²) in [5.41, 5.74) is 2.11. The molecule has 2 aromatic rings. The Balaban J connectivity index is 2.04. The molecule has 2 amide bonds. The average Bonchev–Trinajstić information content (AvgIpc) is 3.04. The zero-order chi connectivity index (χ0) is 16.1. The van der Waals surface area contributed by atoms with E-state index in [-0.39, 0.29) is 11.9 Å². The molecule has 0 aliphatic carbocycles. The van der Waals surface area contributed by atoms with Gasteiger partial charge in [-0.3, -0.25) is 14.8 Å². The van der Waals surface area contributed by atoms with Crippen LogP contribution in [0.3, 0.4) is 0 Å². The first-order chi connectivity index (χ1) is 10.5. The SMILES string of the molecule is COc1ccc(C(=O)NC(C)c2ccc(C(=O)NO)s2)cc1. The normalized spacial score (nSPS) is 11.6. The van der Waals surface area contributed by atoms with Gasteiger partial charge in [-0.15, -0.1) is 11.3 Å². The minimum absolute atomic E-state index is 0.211. The lowest BCUT2D eigenvalue weighted by molar-refractivity contribution is 0.0711. The highest BCUT2D eigenvalue weighted by atomic mass is 32.1. The van der Waals surface area contributed by atoms with Crippen LogP contribution in [0.25, 0.3) is 0 Å². The van der Waals surface area contributed by atoms with E-state index >= 15 is 0 Å². The number of ether oxygens (including phenoxy) is 1. The van der Waals surface area contributed by atoms with Crippen LogP contribution in [0.2, 0.25) is 0 Å². The minimum Gasteiger partial charge on any atom is -0.497 e. The quantitative estimate of drug-likeness (QED) is 0.583. The van der Waals surface area contributed by atoms with Crippen LogP contribution in [-0.4, -0.2) is 24.1 Å². The number of hydrogen-bond acceptors (Lipinski definition) is 5. The highest BCUT2D eigenvalue weighted by Crippen LogP contribution is 2.23. The molecule has 7 heteroatoms. The summed E-state index contributed by atoms with van der Waals surface area (Å²) < 4.78 is 5.05. The molecule has 0 aliphatic heterocycles. The van der Waals surface area contributed by atoms with Crippen molar-refractivity contribution in [3.05, 3.63) is 51.7 Å². The Labute approximate surface area is 131 Å². The number of benzene rings is 1. The number of carbonyl (C=O) groups excluding carboxylic acids is 2. The number of carbonyl (C=O) groups is 2. The molecule has 0 bridgehead atoms. The van der Waals surface area contributed by atoms with E-state index in [2.05, 4.69) is 5.32 Å². The van der Waals surface area contributed by atoms with E-state index in [0.717, 1.165) is 4.88 Å². The van der Waals surface area contributed by atoms with E-state index in [1.54, 1.807) is 49.0 Å². The molecule has 0 saturated heterocycles. The predicted octanol–water partition coefficient (Wildman–Crippen LogP) is 2.37. The van der Waals surface area contributed by atoms with Crippen molar-refractivity contribution < 1.29 is 19.5 Å². The first-order valence-electron chi connectivity index (χ1n) is 6.54. The zero-order valence-electron chi connectivity index (χ0n) is 12.1. The van der Waals surface area contributed by atoms with Gasteiger partial charge in [-0.2, -0.15) is 0 Å². The van der Waals surface area contributed by atoms with Gasteiger partial charge in [-0.05, 0) is 43.3 Å². The molecule has 1 atom stereocenters. The lowest BCUT2D eigenvalue weighted by atomic mass is 10.2. The molecule has 2 rings (SSSR count). The van der Waals surface area contributed by atoms with Gasteiger partial charge in [-0.25, -0.2) is 5.48 Å². The molecule has 1 aromatic carbocycles. The Morgan fingerprint density at radius 3 is 2.41 bits per heavy atom. The van der Waals surface area contributed by atoms with Crippen LogP contribution in [0.5, 0.6) is 5.75 Å². The summed E-state index contributed by atoms with van der Waals surface area (Å²) >= 11 is 1.21. The van der Waals surface area contributed by atoms with Gasteiger partial charge in [0.25, 0.3) is 11.8 Å². The van der Waals surface area contributed by atoms with Gasteiger partial charge in [0.1, 0.15) is 5.75 Å². The lowest BCUT2D eigenvalue weighted by Crippen LogP contribution is -2.26. The van der Waals surface area contributed by atoms with Crippen molar-refractivity contribution in [1.82, 2.24) is 10.8 Å². The fraction of sp³-hybridized carbons (Fsp3) is 0.200. The molecule has 1 heterocycles. The molecule has 1 unspecified atom stereocenters. The number of hydrogen-bond donors (Lipinski definition) is 3. The third-order valence-corrected chi connectivity index (χ3v) is 4.35. The van der Waals surface area contributed by atoms with E-state index < -0.39 is 5.91 Å². The van der Waals surface area contributed by atoms with Crippen molar-refractivity contribution in [2.45, 2.75) is 13.0 Å². The van der Waals surface area contributed by atoms with E-state index in [1.165, 1.54) is 11.3 Å². The zero-order valence-corrected chi connectivity index (χ0v) is 12.9. The second-order valence-electron chi connectivity index (χ2n) is 4.57. The topological polar surface area (TPSA) is 87.7 Å². The number of nitrogens with one attached hydrogen (secondary N) is 2. The van der Waals surface area contributed by atoms with Gasteiger partial charge >= 0.3 is 0 Å². The number of thiophene rings is 1. The van der Waals surface area contributed by atoms with E-state index in [1.807, 2.05) is 6.92 Å². The Kier molecular flexibility index (Phi) is 5.13. The molecular formula is C15H16N2O4S. The fourth-order valence-corrected chi connectivity index (χ4v) is 2.76. The standard InChI is InChI=1S/C15H16N2O4S/c1-9(12-7-8-13(22-12)15(19)17-20)16-14(18)10-3-5-11(21-2)6-4-10/h3-9,20H,1-2H3,(H,16,18)(H,17,19). The molecule has 6 nitrogen and oxygen atoms in total. The first-order valence-corrected chi connectivity index (χ1v) is 7.36. The maximum atomic E-state index is 12.2. The highest BCUT2D eigenvalue weighted by Gasteiger charge is 2.15. The van der Waals surface area contributed by atoms with Gasteiger partial charge in [0.15, 0.2) is 0 Å². The Hall–Kier alpha value is -2.38. The number of amides is 2. The summed E-state index contributed by atoms with van der Waals surface area (Å²) in [6.07, 6.45) is 0. The number of hydroxylamine groups is 1. The fourth-order valence-electron chi connectivity index (χ4n) is 1.86. The van der Waals surface area contributed by atoms with Crippen LogP contribution in [0.1, 0.15) is 37.9 Å². The monoisotopic (exact) mass is 320 g/mol. The second kappa shape index (κ2) is 7.06. The third-order valence-electron chi connectivity index (χ3n) is 3.08. The summed E-state index contributed by atoms with van der Waals surface area (Å²) in [6, 6.07) is 9.89. The molecule has 1 aromatic heterocycles. The third kappa shape index (κ3) is 3.63. The van der Waals surface area contributed by atoms with E-state index in [9.17, 15) is 9.59 Å². The first kappa shape index (κ1) is 16.0. The number of rotatable bonds is 5. The Morgan fingerprint density at radius 2 is 1.82 bits per heavy atom. The van der Waals surface area contributed by atoms with Gasteiger partial charge < -0.3 is 10.1 Å². The van der Waals surface area contributed by atoms with Crippen LogP contribution >= 0.6 is 11.3 Å². The van der Waals surface area contributed by atoms with Crippen molar-refractivity contribution in [2.75, 3.05) is 7.11 Å². The summed E-state index contributed by atoms with van der Waals surface area (Å²) in [5, 5.41) is 11.5. The van der Waals surface area contributed by atoms with Crippen molar-refractivity contribution in [3.63, 3.8) is 0 Å². The molecule has 0 aliphatic rings. The molecule has 0 spiro atoms. The summed E-state index contributed by atoms with van der Waals surface area (Å²) in [5.74, 6) is -0.0934. The van der Waals surface area contributed by atoms with Gasteiger partial charge in [0, 0.05) is 10.4 Å². The van der Waals surface area contributed by atoms with Gasteiger partial charge in [0.05, 0.1) is 18.0 Å². The van der Waals surface area contributed by atoms with Crippen molar-refractivity contribution in [1.29, 1.82) is 0 Å². The molecule has 22 heavy (non-hydrogen) atoms. The maximum absolute atomic E-state index is 12.2. The van der Waals surface area contributed by atoms with Crippen LogP contribution < -0.4 is 15.5 Å². The minimum atomic E-state index is -0.565. The average molecular weight is 320 g/mol. The maximum Gasteiger partial charge on any atom is 0.284 e. The van der Waals surface area contributed by atoms with Crippen molar-refractivity contribution in [2.24, 2.45) is 0 Å². The summed E-state index contributed by atoms with van der Waals surface area (Å²) in [6.45, 7) is 1.83. The van der Waals surface area contributed by atoms with Crippen molar-refractivity contribution in [3.8, 4) is 5.75 Å². The van der Waals surface area contributed by atoms with E-state index in [4.69, 9.17) is 9.94 Å². The summed E-state index contributed by atoms with van der Waals surface area (Å²) in [7, 11) is 1.56. The molecule has 3 N–H and O–H groups in total. The molecular weight excluding hydrogens is 304 g/mol. The van der Waals surface area contributed by atoms with Crippen LogP contribution in [0.4, 0.5) is 0 Å². The lowest BCUT2D eigenvalue weighted by Gasteiger charge is -2.12. The smallest absolute Gasteiger partial charge is 0.284 e. The molecule has 0 radical (unpaired) electrons. The van der Waals surface area contributed by atoms with Gasteiger partial charge in [-0.1, -0.05) is 0 Å². The Morgan fingerprint density at radius 1 is 1.14 bits per heavy atom.